The van der Waals surface area contributed by atoms with Crippen molar-refractivity contribution in [1.82, 2.24) is 5.32 Å². The van der Waals surface area contributed by atoms with Gasteiger partial charge in [-0.1, -0.05) is 41.0 Å². The van der Waals surface area contributed by atoms with Crippen LogP contribution in [-0.4, -0.2) is 24.7 Å². The summed E-state index contributed by atoms with van der Waals surface area (Å²) < 4.78 is 43.9. The quantitative estimate of drug-likeness (QED) is 0.498. The molecule has 1 atom stereocenters. The van der Waals surface area contributed by atoms with Gasteiger partial charge in [-0.3, -0.25) is 9.59 Å². The Balaban J connectivity index is 1.79. The van der Waals surface area contributed by atoms with Crippen molar-refractivity contribution in [3.05, 3.63) is 68.2 Å². The van der Waals surface area contributed by atoms with Gasteiger partial charge >= 0.3 is 6.18 Å². The molecule has 34 heavy (non-hydrogen) atoms. The standard InChI is InChI=1S/C22H16Cl2F3N3O3S/c1-33-18-5-2-11(6-16(18)24)13-8-19(31)30-21(14(13)9-28)34-10-20(32)29-17-7-12(22(25,26)27)3-4-15(17)23/h2-7,13H,8,10H2,1H3,(H,29,32)(H,30,31)/t13-/m1/s1. The maximum Gasteiger partial charge on any atom is 0.416 e. The molecule has 0 saturated heterocycles. The number of thioether (sulfide) groups is 1. The average Bonchev–Trinajstić information content (AvgIpc) is 2.78. The molecule has 2 amide bonds. The van der Waals surface area contributed by atoms with Crippen LogP contribution in [0.15, 0.2) is 47.0 Å². The van der Waals surface area contributed by atoms with Gasteiger partial charge < -0.3 is 15.4 Å². The van der Waals surface area contributed by atoms with Gasteiger partial charge in [0.2, 0.25) is 11.8 Å². The molecule has 2 aromatic carbocycles. The molecule has 0 unspecified atom stereocenters. The zero-order valence-corrected chi connectivity index (χ0v) is 19.8. The zero-order valence-electron chi connectivity index (χ0n) is 17.4. The summed E-state index contributed by atoms with van der Waals surface area (Å²) in [6.07, 6.45) is -4.60. The molecule has 0 fully saturated rings. The van der Waals surface area contributed by atoms with Crippen LogP contribution in [0.3, 0.4) is 0 Å². The number of anilines is 1. The summed E-state index contributed by atoms with van der Waals surface area (Å²) in [6, 6.07) is 9.56. The normalized spacial score (nSPS) is 16.0. The van der Waals surface area contributed by atoms with Crippen molar-refractivity contribution in [1.29, 1.82) is 5.26 Å². The number of ether oxygens (including phenoxy) is 1. The third kappa shape index (κ3) is 5.97. The predicted octanol–water partition coefficient (Wildman–Crippen LogP) is 5.73. The second-order valence-electron chi connectivity index (χ2n) is 7.08. The van der Waals surface area contributed by atoms with Crippen LogP contribution in [0, 0.1) is 11.3 Å². The Morgan fingerprint density at radius 3 is 2.62 bits per heavy atom. The van der Waals surface area contributed by atoms with E-state index in [1.165, 1.54) is 7.11 Å². The minimum absolute atomic E-state index is 0.00164. The number of rotatable bonds is 6. The topological polar surface area (TPSA) is 91.2 Å². The van der Waals surface area contributed by atoms with Crippen molar-refractivity contribution in [3.63, 3.8) is 0 Å². The Morgan fingerprint density at radius 1 is 1.26 bits per heavy atom. The molecule has 1 aliphatic rings. The molecule has 1 aliphatic heterocycles. The van der Waals surface area contributed by atoms with Crippen molar-refractivity contribution >= 4 is 52.5 Å². The SMILES string of the molecule is COc1ccc([C@H]2CC(=O)NC(SCC(=O)Nc3cc(C(F)(F)F)ccc3Cl)=C2C#N)cc1Cl. The van der Waals surface area contributed by atoms with Gasteiger partial charge in [-0.2, -0.15) is 18.4 Å². The van der Waals surface area contributed by atoms with Crippen LogP contribution in [-0.2, 0) is 15.8 Å². The van der Waals surface area contributed by atoms with E-state index in [-0.39, 0.29) is 39.4 Å². The number of halogens is 5. The van der Waals surface area contributed by atoms with Crippen LogP contribution in [0.2, 0.25) is 10.0 Å². The van der Waals surface area contributed by atoms with Crippen LogP contribution >= 0.6 is 35.0 Å². The van der Waals surface area contributed by atoms with Gasteiger partial charge in [0.15, 0.2) is 0 Å². The number of benzene rings is 2. The number of methoxy groups -OCH3 is 1. The lowest BCUT2D eigenvalue weighted by atomic mass is 9.87. The molecule has 12 heteroatoms. The van der Waals surface area contributed by atoms with Crippen molar-refractivity contribution in [2.24, 2.45) is 0 Å². The molecule has 2 aromatic rings. The van der Waals surface area contributed by atoms with E-state index in [0.29, 0.717) is 16.3 Å². The van der Waals surface area contributed by atoms with Gasteiger partial charge in [0.25, 0.3) is 0 Å². The Labute approximate surface area is 207 Å². The maximum absolute atomic E-state index is 12.9. The Hall–Kier alpha value is -2.87. The molecule has 3 rings (SSSR count). The number of alkyl halides is 3. The number of carbonyl (C=O) groups is 2. The second kappa shape index (κ2) is 10.6. The zero-order chi connectivity index (χ0) is 25.0. The number of allylic oxidation sites excluding steroid dienone is 1. The lowest BCUT2D eigenvalue weighted by Gasteiger charge is -2.25. The molecule has 0 aromatic heterocycles. The molecule has 0 aliphatic carbocycles. The van der Waals surface area contributed by atoms with Gasteiger partial charge in [-0.25, -0.2) is 0 Å². The number of nitrogens with zero attached hydrogens (tertiary/aromatic N) is 1. The lowest BCUT2D eigenvalue weighted by molar-refractivity contribution is -0.137. The lowest BCUT2D eigenvalue weighted by Crippen LogP contribution is -2.31. The monoisotopic (exact) mass is 529 g/mol. The number of nitriles is 1. The van der Waals surface area contributed by atoms with Crippen LogP contribution in [0.5, 0.6) is 5.75 Å². The maximum atomic E-state index is 12.9. The van der Waals surface area contributed by atoms with Crippen molar-refractivity contribution in [3.8, 4) is 11.8 Å². The van der Waals surface area contributed by atoms with E-state index in [1.54, 1.807) is 18.2 Å². The molecule has 0 radical (unpaired) electrons. The van der Waals surface area contributed by atoms with E-state index in [2.05, 4.69) is 16.7 Å². The molecular formula is C22H16Cl2F3N3O3S. The number of hydrogen-bond acceptors (Lipinski definition) is 5. The first kappa shape index (κ1) is 25.7. The van der Waals surface area contributed by atoms with Crippen molar-refractivity contribution in [2.75, 3.05) is 18.2 Å². The molecule has 0 saturated carbocycles. The van der Waals surface area contributed by atoms with Gasteiger partial charge in [-0.05, 0) is 35.9 Å². The molecule has 2 N–H and O–H groups in total. The Bertz CT molecular complexity index is 1210. The summed E-state index contributed by atoms with van der Waals surface area (Å²) in [4.78, 5) is 24.7. The van der Waals surface area contributed by atoms with E-state index in [4.69, 9.17) is 27.9 Å². The van der Waals surface area contributed by atoms with Crippen molar-refractivity contribution < 1.29 is 27.5 Å². The van der Waals surface area contributed by atoms with Crippen LogP contribution in [0.4, 0.5) is 18.9 Å². The Kier molecular flexibility index (Phi) is 8.02. The smallest absolute Gasteiger partial charge is 0.416 e. The van der Waals surface area contributed by atoms with Crippen molar-refractivity contribution in [2.45, 2.75) is 18.5 Å². The highest BCUT2D eigenvalue weighted by atomic mass is 35.5. The van der Waals surface area contributed by atoms with Gasteiger partial charge in [0.1, 0.15) is 5.75 Å². The molecule has 0 spiro atoms. The molecular weight excluding hydrogens is 514 g/mol. The van der Waals surface area contributed by atoms with Gasteiger partial charge in [0.05, 0.1) is 50.8 Å². The molecule has 0 bridgehead atoms. The second-order valence-corrected chi connectivity index (χ2v) is 8.88. The third-order valence-electron chi connectivity index (χ3n) is 4.85. The number of amides is 2. The van der Waals surface area contributed by atoms with Gasteiger partial charge in [0, 0.05) is 12.3 Å². The van der Waals surface area contributed by atoms with Crippen LogP contribution in [0.1, 0.15) is 23.5 Å². The number of carbonyl (C=O) groups excluding carboxylic acids is 2. The minimum Gasteiger partial charge on any atom is -0.495 e. The highest BCUT2D eigenvalue weighted by Crippen LogP contribution is 2.39. The largest absolute Gasteiger partial charge is 0.495 e. The predicted molar refractivity (Wildman–Crippen MR) is 124 cm³/mol. The Morgan fingerprint density at radius 2 is 2.00 bits per heavy atom. The summed E-state index contributed by atoms with van der Waals surface area (Å²) >= 11 is 13.0. The van der Waals surface area contributed by atoms with E-state index >= 15 is 0 Å². The first-order chi connectivity index (χ1) is 16.0. The van der Waals surface area contributed by atoms with E-state index in [1.807, 2.05) is 0 Å². The number of nitrogens with one attached hydrogen (secondary N) is 2. The fourth-order valence-electron chi connectivity index (χ4n) is 3.24. The highest BCUT2D eigenvalue weighted by molar-refractivity contribution is 8.03. The average molecular weight is 530 g/mol. The summed E-state index contributed by atoms with van der Waals surface area (Å²) in [5.41, 5.74) is -0.309. The van der Waals surface area contributed by atoms with Crippen LogP contribution in [0.25, 0.3) is 0 Å². The summed E-state index contributed by atoms with van der Waals surface area (Å²) in [7, 11) is 1.46. The summed E-state index contributed by atoms with van der Waals surface area (Å²) in [5, 5.41) is 15.1. The van der Waals surface area contributed by atoms with E-state index in [9.17, 15) is 28.0 Å². The number of hydrogen-bond donors (Lipinski definition) is 2. The van der Waals surface area contributed by atoms with E-state index in [0.717, 1.165) is 30.0 Å². The van der Waals surface area contributed by atoms with E-state index < -0.39 is 23.6 Å². The highest BCUT2D eigenvalue weighted by Gasteiger charge is 2.32. The first-order valence-electron chi connectivity index (χ1n) is 9.60. The minimum atomic E-state index is -4.60. The fraction of sp³-hybridized carbons (Fsp3) is 0.227. The molecule has 6 nitrogen and oxygen atoms in total. The van der Waals surface area contributed by atoms with Gasteiger partial charge in [-0.15, -0.1) is 0 Å². The third-order valence-corrected chi connectivity index (χ3v) is 6.49. The summed E-state index contributed by atoms with van der Waals surface area (Å²) in [6.45, 7) is 0. The first-order valence-corrected chi connectivity index (χ1v) is 11.3. The molecule has 1 heterocycles. The van der Waals surface area contributed by atoms with Crippen LogP contribution < -0.4 is 15.4 Å². The fourth-order valence-corrected chi connectivity index (χ4v) is 4.55. The summed E-state index contributed by atoms with van der Waals surface area (Å²) in [5.74, 6) is -1.47. The molecule has 178 valence electrons.